The van der Waals surface area contributed by atoms with Gasteiger partial charge < -0.3 is 10.1 Å². The maximum Gasteiger partial charge on any atom is 0.0657 e. The van der Waals surface area contributed by atoms with Gasteiger partial charge in [-0.25, -0.2) is 0 Å². The van der Waals surface area contributed by atoms with E-state index in [1.54, 1.807) is 7.11 Å². The fourth-order valence-corrected chi connectivity index (χ4v) is 2.10. The van der Waals surface area contributed by atoms with Crippen LogP contribution >= 0.6 is 0 Å². The van der Waals surface area contributed by atoms with Crippen molar-refractivity contribution in [1.29, 1.82) is 0 Å². The molecule has 1 aromatic carbocycles. The third-order valence-electron chi connectivity index (χ3n) is 2.79. The molecule has 1 aliphatic heterocycles. The molecule has 14 heavy (non-hydrogen) atoms. The lowest BCUT2D eigenvalue weighted by Crippen LogP contribution is -2.32. The number of fused-ring (bicyclic) bond motifs is 1. The summed E-state index contributed by atoms with van der Waals surface area (Å²) >= 11 is 0. The average Bonchev–Trinajstić information content (AvgIpc) is 2.18. The molecule has 0 saturated heterocycles. The van der Waals surface area contributed by atoms with E-state index in [-0.39, 0.29) is 0 Å². The molecule has 0 aromatic heterocycles. The fraction of sp³-hybridized carbons (Fsp3) is 0.500. The van der Waals surface area contributed by atoms with Crippen LogP contribution in [0, 0.1) is 6.92 Å². The summed E-state index contributed by atoms with van der Waals surface area (Å²) < 4.78 is 5.21. The molecule has 0 aliphatic carbocycles. The van der Waals surface area contributed by atoms with Crippen LogP contribution in [0.1, 0.15) is 22.7 Å². The van der Waals surface area contributed by atoms with Crippen molar-refractivity contribution >= 4 is 0 Å². The summed E-state index contributed by atoms with van der Waals surface area (Å²) in [7, 11) is 1.75. The van der Waals surface area contributed by atoms with Gasteiger partial charge in [-0.1, -0.05) is 23.8 Å². The smallest absolute Gasteiger partial charge is 0.0657 e. The highest BCUT2D eigenvalue weighted by Crippen LogP contribution is 2.23. The number of benzene rings is 1. The minimum absolute atomic E-state index is 0.379. The number of rotatable bonds is 2. The summed E-state index contributed by atoms with van der Waals surface area (Å²) in [5, 5.41) is 3.47. The van der Waals surface area contributed by atoms with Crippen molar-refractivity contribution in [2.75, 3.05) is 20.3 Å². The van der Waals surface area contributed by atoms with Crippen LogP contribution in [0.5, 0.6) is 0 Å². The standard InChI is InChI=1S/C12H17NO/c1-9-3-4-11-10(7-9)5-6-13-12(11)8-14-2/h3-4,7,12-13H,5-6,8H2,1-2H3. The number of hydrogen-bond acceptors (Lipinski definition) is 2. The van der Waals surface area contributed by atoms with Crippen molar-refractivity contribution in [3.63, 3.8) is 0 Å². The van der Waals surface area contributed by atoms with E-state index in [0.29, 0.717) is 6.04 Å². The van der Waals surface area contributed by atoms with Gasteiger partial charge in [0.25, 0.3) is 0 Å². The second kappa shape index (κ2) is 4.11. The summed E-state index contributed by atoms with van der Waals surface area (Å²) in [6, 6.07) is 7.07. The topological polar surface area (TPSA) is 21.3 Å². The van der Waals surface area contributed by atoms with Crippen molar-refractivity contribution in [3.8, 4) is 0 Å². The predicted molar refractivity (Wildman–Crippen MR) is 57.5 cm³/mol. The Balaban J connectivity index is 2.30. The van der Waals surface area contributed by atoms with Crippen molar-refractivity contribution in [2.24, 2.45) is 0 Å². The van der Waals surface area contributed by atoms with Gasteiger partial charge in [-0.3, -0.25) is 0 Å². The Morgan fingerprint density at radius 1 is 1.50 bits per heavy atom. The summed E-state index contributed by atoms with van der Waals surface area (Å²) in [6.45, 7) is 3.97. The average molecular weight is 191 g/mol. The molecule has 0 spiro atoms. The first-order chi connectivity index (χ1) is 6.81. The summed E-state index contributed by atoms with van der Waals surface area (Å²) in [5.74, 6) is 0. The molecular formula is C12H17NO. The Morgan fingerprint density at radius 3 is 3.14 bits per heavy atom. The molecule has 0 saturated carbocycles. The van der Waals surface area contributed by atoms with Crippen molar-refractivity contribution < 1.29 is 4.74 Å². The van der Waals surface area contributed by atoms with Crippen LogP contribution in [0.2, 0.25) is 0 Å². The molecule has 0 bridgehead atoms. The first kappa shape index (κ1) is 9.69. The van der Waals surface area contributed by atoms with Crippen molar-refractivity contribution in [1.82, 2.24) is 5.32 Å². The molecule has 76 valence electrons. The van der Waals surface area contributed by atoms with Crippen LogP contribution in [0.4, 0.5) is 0 Å². The van der Waals surface area contributed by atoms with Gasteiger partial charge in [0.15, 0.2) is 0 Å². The molecule has 1 aromatic rings. The lowest BCUT2D eigenvalue weighted by molar-refractivity contribution is 0.164. The third-order valence-corrected chi connectivity index (χ3v) is 2.79. The third kappa shape index (κ3) is 1.81. The van der Waals surface area contributed by atoms with Gasteiger partial charge in [-0.2, -0.15) is 0 Å². The van der Waals surface area contributed by atoms with Crippen LogP contribution in [-0.2, 0) is 11.2 Å². The molecule has 1 aliphatic rings. The molecule has 1 heterocycles. The van der Waals surface area contributed by atoms with E-state index < -0.39 is 0 Å². The molecular weight excluding hydrogens is 174 g/mol. The van der Waals surface area contributed by atoms with Gasteiger partial charge in [0, 0.05) is 7.11 Å². The zero-order chi connectivity index (χ0) is 9.97. The highest BCUT2D eigenvalue weighted by molar-refractivity contribution is 5.35. The molecule has 1 unspecified atom stereocenters. The van der Waals surface area contributed by atoms with Crippen LogP contribution in [0.15, 0.2) is 18.2 Å². The Kier molecular flexibility index (Phi) is 2.85. The molecule has 2 rings (SSSR count). The first-order valence-electron chi connectivity index (χ1n) is 5.13. The van der Waals surface area contributed by atoms with E-state index in [1.807, 2.05) is 0 Å². The number of ether oxygens (including phenoxy) is 1. The van der Waals surface area contributed by atoms with Crippen LogP contribution < -0.4 is 5.32 Å². The molecule has 0 amide bonds. The Hall–Kier alpha value is -0.860. The van der Waals surface area contributed by atoms with E-state index in [2.05, 4.69) is 30.4 Å². The van der Waals surface area contributed by atoms with Crippen LogP contribution in [0.3, 0.4) is 0 Å². The van der Waals surface area contributed by atoms with Gasteiger partial charge in [-0.05, 0) is 31.0 Å². The lowest BCUT2D eigenvalue weighted by atomic mass is 9.93. The quantitative estimate of drug-likeness (QED) is 0.770. The molecule has 2 nitrogen and oxygen atoms in total. The predicted octanol–water partition coefficient (Wildman–Crippen LogP) is 1.83. The zero-order valence-corrected chi connectivity index (χ0v) is 8.84. The van der Waals surface area contributed by atoms with Crippen LogP contribution in [-0.4, -0.2) is 20.3 Å². The van der Waals surface area contributed by atoms with E-state index >= 15 is 0 Å². The molecule has 1 atom stereocenters. The highest BCUT2D eigenvalue weighted by atomic mass is 16.5. The first-order valence-corrected chi connectivity index (χ1v) is 5.13. The largest absolute Gasteiger partial charge is 0.383 e. The van der Waals surface area contributed by atoms with Gasteiger partial charge in [0.05, 0.1) is 12.6 Å². The molecule has 0 fully saturated rings. The molecule has 0 radical (unpaired) electrons. The van der Waals surface area contributed by atoms with E-state index in [4.69, 9.17) is 4.74 Å². The van der Waals surface area contributed by atoms with Gasteiger partial charge >= 0.3 is 0 Å². The van der Waals surface area contributed by atoms with E-state index in [9.17, 15) is 0 Å². The minimum Gasteiger partial charge on any atom is -0.383 e. The summed E-state index contributed by atoms with van der Waals surface area (Å²) in [6.07, 6.45) is 1.14. The second-order valence-corrected chi connectivity index (χ2v) is 3.91. The van der Waals surface area contributed by atoms with E-state index in [1.165, 1.54) is 16.7 Å². The summed E-state index contributed by atoms with van der Waals surface area (Å²) in [4.78, 5) is 0. The van der Waals surface area contributed by atoms with Crippen molar-refractivity contribution in [3.05, 3.63) is 34.9 Å². The molecule has 2 heteroatoms. The van der Waals surface area contributed by atoms with E-state index in [0.717, 1.165) is 19.6 Å². The fourth-order valence-electron chi connectivity index (χ4n) is 2.10. The van der Waals surface area contributed by atoms with Gasteiger partial charge in [0.2, 0.25) is 0 Å². The lowest BCUT2D eigenvalue weighted by Gasteiger charge is -2.26. The number of nitrogens with one attached hydrogen (secondary N) is 1. The van der Waals surface area contributed by atoms with Crippen molar-refractivity contribution in [2.45, 2.75) is 19.4 Å². The normalized spacial score (nSPS) is 20.6. The number of aryl methyl sites for hydroxylation is 1. The zero-order valence-electron chi connectivity index (χ0n) is 8.84. The minimum atomic E-state index is 0.379. The highest BCUT2D eigenvalue weighted by Gasteiger charge is 2.18. The Labute approximate surface area is 85.3 Å². The number of methoxy groups -OCH3 is 1. The maximum atomic E-state index is 5.21. The maximum absolute atomic E-state index is 5.21. The molecule has 1 N–H and O–H groups in total. The van der Waals surface area contributed by atoms with Gasteiger partial charge in [-0.15, -0.1) is 0 Å². The second-order valence-electron chi connectivity index (χ2n) is 3.91. The van der Waals surface area contributed by atoms with Gasteiger partial charge in [0.1, 0.15) is 0 Å². The van der Waals surface area contributed by atoms with Crippen LogP contribution in [0.25, 0.3) is 0 Å². The number of hydrogen-bond donors (Lipinski definition) is 1. The SMILES string of the molecule is COCC1NCCc2cc(C)ccc21. The Morgan fingerprint density at radius 2 is 2.36 bits per heavy atom. The Bertz CT molecular complexity index is 322. The monoisotopic (exact) mass is 191 g/mol. The summed E-state index contributed by atoms with van der Waals surface area (Å²) in [5.41, 5.74) is 4.23.